The van der Waals surface area contributed by atoms with E-state index in [1.807, 2.05) is 12.1 Å². The molecule has 3 rings (SSSR count). The third-order valence-electron chi connectivity index (χ3n) is 3.14. The molecule has 1 saturated carbocycles. The summed E-state index contributed by atoms with van der Waals surface area (Å²) in [6.45, 7) is 0. The second-order valence-corrected chi connectivity index (χ2v) is 4.96. The van der Waals surface area contributed by atoms with Crippen molar-refractivity contribution in [1.29, 1.82) is 0 Å². The molecule has 0 radical (unpaired) electrons. The largest absolute Gasteiger partial charge is 0.245 e. The number of hydrogen-bond donors (Lipinski definition) is 0. The highest BCUT2D eigenvalue weighted by Gasteiger charge is 2.22. The summed E-state index contributed by atoms with van der Waals surface area (Å²) in [6, 6.07) is 8.11. The van der Waals surface area contributed by atoms with Crippen LogP contribution < -0.4 is 0 Å². The topological polar surface area (TPSA) is 25.8 Å². The summed E-state index contributed by atoms with van der Waals surface area (Å²) < 4.78 is 0. The van der Waals surface area contributed by atoms with E-state index in [9.17, 15) is 0 Å². The van der Waals surface area contributed by atoms with Crippen LogP contribution in [0.15, 0.2) is 36.8 Å². The minimum absolute atomic E-state index is 0.855. The van der Waals surface area contributed by atoms with Crippen molar-refractivity contribution in [2.24, 2.45) is 5.92 Å². The first-order valence-corrected chi connectivity index (χ1v) is 6.25. The van der Waals surface area contributed by atoms with E-state index >= 15 is 0 Å². The number of hydrogen-bond acceptors (Lipinski definition) is 2. The molecule has 2 aromatic rings. The third kappa shape index (κ3) is 2.47. The zero-order chi connectivity index (χ0) is 11.7. The van der Waals surface area contributed by atoms with Gasteiger partial charge in [0.1, 0.15) is 6.33 Å². The molecule has 3 heteroatoms. The smallest absolute Gasteiger partial charge is 0.116 e. The fourth-order valence-electron chi connectivity index (χ4n) is 1.97. The standard InChI is InChI=1S/C14H13ClN2/c15-13-8-12(14-5-6-16-9-17-14)4-3-11(13)7-10-1-2-10/h3-6,8-10H,1-2,7H2. The van der Waals surface area contributed by atoms with Gasteiger partial charge in [-0.3, -0.25) is 0 Å². The number of aromatic nitrogens is 2. The van der Waals surface area contributed by atoms with E-state index in [0.717, 1.165) is 28.6 Å². The van der Waals surface area contributed by atoms with E-state index in [1.54, 1.807) is 12.5 Å². The Morgan fingerprint density at radius 3 is 2.76 bits per heavy atom. The maximum Gasteiger partial charge on any atom is 0.116 e. The first-order valence-electron chi connectivity index (χ1n) is 5.88. The molecule has 86 valence electrons. The summed E-state index contributed by atoms with van der Waals surface area (Å²) in [7, 11) is 0. The van der Waals surface area contributed by atoms with Gasteiger partial charge in [0.15, 0.2) is 0 Å². The molecule has 0 amide bonds. The molecule has 1 aliphatic carbocycles. The van der Waals surface area contributed by atoms with Gasteiger partial charge in [0, 0.05) is 16.8 Å². The maximum absolute atomic E-state index is 6.31. The SMILES string of the molecule is Clc1cc(-c2ccncn2)ccc1CC1CC1. The lowest BCUT2D eigenvalue weighted by atomic mass is 10.0. The van der Waals surface area contributed by atoms with Crippen molar-refractivity contribution in [1.82, 2.24) is 9.97 Å². The minimum Gasteiger partial charge on any atom is -0.245 e. The molecule has 17 heavy (non-hydrogen) atoms. The zero-order valence-electron chi connectivity index (χ0n) is 9.44. The third-order valence-corrected chi connectivity index (χ3v) is 3.49. The predicted molar refractivity (Wildman–Crippen MR) is 68.9 cm³/mol. The van der Waals surface area contributed by atoms with Crippen LogP contribution in [0.25, 0.3) is 11.3 Å². The van der Waals surface area contributed by atoms with Crippen molar-refractivity contribution in [2.45, 2.75) is 19.3 Å². The number of benzene rings is 1. The first kappa shape index (κ1) is 10.7. The fraction of sp³-hybridized carbons (Fsp3) is 0.286. The van der Waals surface area contributed by atoms with Crippen LogP contribution in [-0.4, -0.2) is 9.97 Å². The Morgan fingerprint density at radius 1 is 1.24 bits per heavy atom. The number of halogens is 1. The molecule has 0 bridgehead atoms. The van der Waals surface area contributed by atoms with Crippen LogP contribution in [0.5, 0.6) is 0 Å². The molecule has 1 aliphatic rings. The van der Waals surface area contributed by atoms with Crippen LogP contribution in [0.2, 0.25) is 5.02 Å². The molecular formula is C14H13ClN2. The van der Waals surface area contributed by atoms with Crippen molar-refractivity contribution >= 4 is 11.6 Å². The molecular weight excluding hydrogens is 232 g/mol. The summed E-state index contributed by atoms with van der Waals surface area (Å²) in [6.07, 6.45) is 7.12. The second-order valence-electron chi connectivity index (χ2n) is 4.55. The Hall–Kier alpha value is -1.41. The van der Waals surface area contributed by atoms with Crippen molar-refractivity contribution in [3.05, 3.63) is 47.4 Å². The van der Waals surface area contributed by atoms with Crippen LogP contribution in [0.3, 0.4) is 0 Å². The van der Waals surface area contributed by atoms with Gasteiger partial charge in [0.05, 0.1) is 5.69 Å². The van der Waals surface area contributed by atoms with Gasteiger partial charge in [0.25, 0.3) is 0 Å². The van der Waals surface area contributed by atoms with E-state index in [2.05, 4.69) is 22.1 Å². The molecule has 0 unspecified atom stereocenters. The average Bonchev–Trinajstić information content (AvgIpc) is 3.17. The molecule has 0 saturated heterocycles. The minimum atomic E-state index is 0.855. The molecule has 1 fully saturated rings. The summed E-state index contributed by atoms with van der Waals surface area (Å²) in [5.74, 6) is 0.859. The van der Waals surface area contributed by atoms with E-state index in [0.29, 0.717) is 0 Å². The fourth-order valence-corrected chi connectivity index (χ4v) is 2.22. The van der Waals surface area contributed by atoms with Gasteiger partial charge in [-0.05, 0) is 42.9 Å². The summed E-state index contributed by atoms with van der Waals surface area (Å²) in [5, 5.41) is 0.855. The molecule has 0 aliphatic heterocycles. The van der Waals surface area contributed by atoms with E-state index in [-0.39, 0.29) is 0 Å². The van der Waals surface area contributed by atoms with E-state index in [1.165, 1.54) is 18.4 Å². The van der Waals surface area contributed by atoms with Gasteiger partial charge in [-0.15, -0.1) is 0 Å². The van der Waals surface area contributed by atoms with E-state index in [4.69, 9.17) is 11.6 Å². The van der Waals surface area contributed by atoms with Gasteiger partial charge in [-0.25, -0.2) is 9.97 Å². The van der Waals surface area contributed by atoms with Crippen LogP contribution in [0.4, 0.5) is 0 Å². The highest BCUT2D eigenvalue weighted by atomic mass is 35.5. The second kappa shape index (κ2) is 4.46. The highest BCUT2D eigenvalue weighted by molar-refractivity contribution is 6.31. The van der Waals surface area contributed by atoms with Crippen molar-refractivity contribution < 1.29 is 0 Å². The average molecular weight is 245 g/mol. The summed E-state index contributed by atoms with van der Waals surface area (Å²) in [5.41, 5.74) is 3.23. The van der Waals surface area contributed by atoms with Gasteiger partial charge in [-0.1, -0.05) is 23.7 Å². The molecule has 0 atom stereocenters. The Bertz CT molecular complexity index is 521. The molecule has 0 spiro atoms. The van der Waals surface area contributed by atoms with Crippen molar-refractivity contribution in [3.8, 4) is 11.3 Å². The lowest BCUT2D eigenvalue weighted by Gasteiger charge is -2.06. The predicted octanol–water partition coefficient (Wildman–Crippen LogP) is 3.75. The normalized spacial score (nSPS) is 14.9. The Morgan fingerprint density at radius 2 is 2.12 bits per heavy atom. The van der Waals surface area contributed by atoms with Gasteiger partial charge in [-0.2, -0.15) is 0 Å². The highest BCUT2D eigenvalue weighted by Crippen LogP contribution is 2.35. The lowest BCUT2D eigenvalue weighted by Crippen LogP contribution is -1.90. The molecule has 1 aromatic heterocycles. The lowest BCUT2D eigenvalue weighted by molar-refractivity contribution is 0.833. The van der Waals surface area contributed by atoms with Crippen molar-refractivity contribution in [3.63, 3.8) is 0 Å². The molecule has 0 N–H and O–H groups in total. The quantitative estimate of drug-likeness (QED) is 0.822. The Kier molecular flexibility index (Phi) is 2.81. The maximum atomic E-state index is 6.31. The molecule has 2 nitrogen and oxygen atoms in total. The number of rotatable bonds is 3. The van der Waals surface area contributed by atoms with Crippen LogP contribution in [0, 0.1) is 5.92 Å². The monoisotopic (exact) mass is 244 g/mol. The van der Waals surface area contributed by atoms with Crippen LogP contribution in [-0.2, 0) is 6.42 Å². The van der Waals surface area contributed by atoms with Gasteiger partial charge in [0.2, 0.25) is 0 Å². The van der Waals surface area contributed by atoms with Crippen molar-refractivity contribution in [2.75, 3.05) is 0 Å². The molecule has 1 heterocycles. The van der Waals surface area contributed by atoms with Crippen LogP contribution >= 0.6 is 11.6 Å². The first-order chi connectivity index (χ1) is 8.33. The summed E-state index contributed by atoms with van der Waals surface area (Å²) >= 11 is 6.31. The van der Waals surface area contributed by atoms with E-state index < -0.39 is 0 Å². The molecule has 1 aromatic carbocycles. The van der Waals surface area contributed by atoms with Gasteiger partial charge < -0.3 is 0 Å². The zero-order valence-corrected chi connectivity index (χ0v) is 10.2. The van der Waals surface area contributed by atoms with Gasteiger partial charge >= 0.3 is 0 Å². The number of nitrogens with zero attached hydrogens (tertiary/aromatic N) is 2. The van der Waals surface area contributed by atoms with Crippen LogP contribution in [0.1, 0.15) is 18.4 Å². The Balaban J connectivity index is 1.89. The Labute approximate surface area is 106 Å². The summed E-state index contributed by atoms with van der Waals surface area (Å²) in [4.78, 5) is 8.14.